The molecule has 0 atom stereocenters. The maximum atomic E-state index is 12.9. The minimum absolute atomic E-state index is 0.0517. The fourth-order valence-electron chi connectivity index (χ4n) is 3.63. The number of carbonyl (C=O) groups excluding carboxylic acids is 2. The molecule has 2 heterocycles. The van der Waals surface area contributed by atoms with Crippen LogP contribution >= 0.6 is 11.3 Å². The van der Waals surface area contributed by atoms with Gasteiger partial charge in [0.25, 0.3) is 0 Å². The highest BCUT2D eigenvalue weighted by atomic mass is 32.2. The highest BCUT2D eigenvalue weighted by Gasteiger charge is 2.31. The Morgan fingerprint density at radius 2 is 1.81 bits per heavy atom. The van der Waals surface area contributed by atoms with E-state index in [1.807, 2.05) is 17.5 Å². The van der Waals surface area contributed by atoms with Gasteiger partial charge in [-0.05, 0) is 44.4 Å². The lowest BCUT2D eigenvalue weighted by molar-refractivity contribution is -0.120. The van der Waals surface area contributed by atoms with Gasteiger partial charge in [0, 0.05) is 30.0 Å². The number of nitrogens with zero attached hydrogens (tertiary/aromatic N) is 1. The van der Waals surface area contributed by atoms with Crippen LogP contribution in [-0.2, 0) is 19.6 Å². The van der Waals surface area contributed by atoms with Gasteiger partial charge in [-0.2, -0.15) is 0 Å². The number of hydrogen-bond donors (Lipinski definition) is 1. The predicted octanol–water partition coefficient (Wildman–Crippen LogP) is 3.60. The van der Waals surface area contributed by atoms with Crippen LogP contribution in [0.3, 0.4) is 0 Å². The Bertz CT molecular complexity index is 1050. The van der Waals surface area contributed by atoms with Crippen LogP contribution in [0.25, 0.3) is 11.1 Å². The summed E-state index contributed by atoms with van der Waals surface area (Å²) >= 11 is 1.27. The van der Waals surface area contributed by atoms with Crippen molar-refractivity contribution < 1.29 is 27.5 Å². The summed E-state index contributed by atoms with van der Waals surface area (Å²) in [6, 6.07) is 7.30. The Balaban J connectivity index is 1.79. The van der Waals surface area contributed by atoms with E-state index in [2.05, 4.69) is 5.32 Å². The zero-order valence-electron chi connectivity index (χ0n) is 18.4. The van der Waals surface area contributed by atoms with Crippen LogP contribution < -0.4 is 10.1 Å². The lowest BCUT2D eigenvalue weighted by Crippen LogP contribution is -2.42. The first-order valence-electron chi connectivity index (χ1n) is 10.5. The van der Waals surface area contributed by atoms with Gasteiger partial charge in [-0.15, -0.1) is 11.3 Å². The Hall–Kier alpha value is -2.43. The summed E-state index contributed by atoms with van der Waals surface area (Å²) in [5, 5.41) is 5.14. The van der Waals surface area contributed by atoms with Crippen molar-refractivity contribution in [3.63, 3.8) is 0 Å². The molecule has 0 bridgehead atoms. The number of amides is 1. The first kappa shape index (κ1) is 24.2. The zero-order valence-corrected chi connectivity index (χ0v) is 20.1. The molecule has 1 N–H and O–H groups in total. The van der Waals surface area contributed by atoms with Crippen molar-refractivity contribution in [3.8, 4) is 16.9 Å². The second-order valence-electron chi connectivity index (χ2n) is 7.37. The lowest BCUT2D eigenvalue weighted by atomic mass is 9.97. The zero-order chi connectivity index (χ0) is 23.3. The standard InChI is InChI=1S/C22H28N2O6S2/c1-4-30-22(26)19-18(15-6-8-17(29-3)9-7-15)14-31-21(19)23-20(25)16-10-12-24(13-11-16)32(27,28)5-2/h6-9,14,16H,4-5,10-13H2,1-3H3,(H,23,25). The van der Waals surface area contributed by atoms with Crippen LogP contribution in [-0.4, -0.2) is 57.2 Å². The number of benzene rings is 1. The van der Waals surface area contributed by atoms with E-state index >= 15 is 0 Å². The molecule has 0 unspecified atom stereocenters. The van der Waals surface area contributed by atoms with Crippen molar-refractivity contribution in [3.05, 3.63) is 35.2 Å². The molecule has 32 heavy (non-hydrogen) atoms. The Kier molecular flexibility index (Phi) is 7.91. The number of hydrogen-bond acceptors (Lipinski definition) is 7. The summed E-state index contributed by atoms with van der Waals surface area (Å²) in [7, 11) is -1.67. The molecule has 1 saturated heterocycles. The molecule has 1 aliphatic heterocycles. The summed E-state index contributed by atoms with van der Waals surface area (Å²) in [6.45, 7) is 4.20. The molecule has 1 fully saturated rings. The maximum Gasteiger partial charge on any atom is 0.341 e. The highest BCUT2D eigenvalue weighted by molar-refractivity contribution is 7.89. The number of piperidine rings is 1. The van der Waals surface area contributed by atoms with Crippen molar-refractivity contribution in [2.45, 2.75) is 26.7 Å². The number of nitrogens with one attached hydrogen (secondary N) is 1. The maximum absolute atomic E-state index is 12.9. The van der Waals surface area contributed by atoms with Gasteiger partial charge in [-0.1, -0.05) is 12.1 Å². The van der Waals surface area contributed by atoms with E-state index in [0.717, 1.165) is 5.56 Å². The number of methoxy groups -OCH3 is 1. The minimum atomic E-state index is -3.25. The Morgan fingerprint density at radius 3 is 2.38 bits per heavy atom. The summed E-state index contributed by atoms with van der Waals surface area (Å²) < 4.78 is 36.0. The summed E-state index contributed by atoms with van der Waals surface area (Å²) in [5.41, 5.74) is 1.81. The largest absolute Gasteiger partial charge is 0.497 e. The summed E-state index contributed by atoms with van der Waals surface area (Å²) in [4.78, 5) is 25.6. The van der Waals surface area contributed by atoms with Crippen molar-refractivity contribution in [1.29, 1.82) is 0 Å². The van der Waals surface area contributed by atoms with Crippen molar-refractivity contribution in [1.82, 2.24) is 4.31 Å². The number of rotatable bonds is 8. The molecule has 1 aromatic carbocycles. The number of anilines is 1. The predicted molar refractivity (Wildman–Crippen MR) is 125 cm³/mol. The average Bonchev–Trinajstić information content (AvgIpc) is 3.22. The number of carbonyl (C=O) groups is 2. The highest BCUT2D eigenvalue weighted by Crippen LogP contribution is 2.37. The Labute approximate surface area is 192 Å². The van der Waals surface area contributed by atoms with E-state index in [1.54, 1.807) is 33.1 Å². The summed E-state index contributed by atoms with van der Waals surface area (Å²) in [6.07, 6.45) is 0.882. The smallest absolute Gasteiger partial charge is 0.341 e. The molecule has 0 saturated carbocycles. The van der Waals surface area contributed by atoms with Gasteiger partial charge < -0.3 is 14.8 Å². The van der Waals surface area contributed by atoms with Crippen LogP contribution in [0.1, 0.15) is 37.0 Å². The second kappa shape index (κ2) is 10.5. The molecule has 2 aromatic rings. The van der Waals surface area contributed by atoms with Crippen LogP contribution in [0, 0.1) is 5.92 Å². The van der Waals surface area contributed by atoms with Crippen LogP contribution in [0.15, 0.2) is 29.6 Å². The van der Waals surface area contributed by atoms with Gasteiger partial charge in [0.15, 0.2) is 0 Å². The molecule has 1 amide bonds. The third kappa shape index (κ3) is 5.31. The summed E-state index contributed by atoms with van der Waals surface area (Å²) in [5.74, 6) is -0.284. The normalized spacial score (nSPS) is 15.3. The van der Waals surface area contributed by atoms with Gasteiger partial charge in [0.05, 0.1) is 19.5 Å². The number of thiophene rings is 1. The number of esters is 1. The van der Waals surface area contributed by atoms with Crippen LogP contribution in [0.2, 0.25) is 0 Å². The molecule has 0 radical (unpaired) electrons. The third-order valence-electron chi connectivity index (χ3n) is 5.49. The molecular weight excluding hydrogens is 452 g/mol. The number of sulfonamides is 1. The fraction of sp³-hybridized carbons (Fsp3) is 0.455. The van der Waals surface area contributed by atoms with E-state index in [-0.39, 0.29) is 24.2 Å². The molecule has 8 nitrogen and oxygen atoms in total. The molecule has 3 rings (SSSR count). The average molecular weight is 481 g/mol. The monoisotopic (exact) mass is 480 g/mol. The van der Waals surface area contributed by atoms with Crippen molar-refractivity contribution >= 4 is 38.2 Å². The van der Waals surface area contributed by atoms with Crippen molar-refractivity contribution in [2.24, 2.45) is 5.92 Å². The van der Waals surface area contributed by atoms with E-state index in [4.69, 9.17) is 9.47 Å². The SMILES string of the molecule is CCOC(=O)c1c(-c2ccc(OC)cc2)csc1NC(=O)C1CCN(S(=O)(=O)CC)CC1. The Morgan fingerprint density at radius 1 is 1.16 bits per heavy atom. The minimum Gasteiger partial charge on any atom is -0.497 e. The first-order valence-corrected chi connectivity index (χ1v) is 13.0. The quantitative estimate of drug-likeness (QED) is 0.579. The van der Waals surface area contributed by atoms with Gasteiger partial charge in [-0.3, -0.25) is 4.79 Å². The molecule has 10 heteroatoms. The van der Waals surface area contributed by atoms with Gasteiger partial charge in [0.1, 0.15) is 16.3 Å². The van der Waals surface area contributed by atoms with Gasteiger partial charge >= 0.3 is 5.97 Å². The van der Waals surface area contributed by atoms with Gasteiger partial charge in [0.2, 0.25) is 15.9 Å². The molecule has 1 aliphatic rings. The van der Waals surface area contributed by atoms with Crippen molar-refractivity contribution in [2.75, 3.05) is 37.9 Å². The van der Waals surface area contributed by atoms with Gasteiger partial charge in [-0.25, -0.2) is 17.5 Å². The van der Waals surface area contributed by atoms with E-state index in [9.17, 15) is 18.0 Å². The van der Waals surface area contributed by atoms with Crippen LogP contribution in [0.5, 0.6) is 5.75 Å². The molecular formula is C22H28N2O6S2. The molecule has 0 spiro atoms. The molecule has 1 aromatic heterocycles. The molecule has 174 valence electrons. The lowest BCUT2D eigenvalue weighted by Gasteiger charge is -2.30. The van der Waals surface area contributed by atoms with Crippen LogP contribution in [0.4, 0.5) is 5.00 Å². The van der Waals surface area contributed by atoms with E-state index < -0.39 is 16.0 Å². The first-order chi connectivity index (χ1) is 15.3. The topological polar surface area (TPSA) is 102 Å². The van der Waals surface area contributed by atoms with E-state index in [1.165, 1.54) is 15.6 Å². The number of ether oxygens (including phenoxy) is 2. The molecule has 0 aliphatic carbocycles. The van der Waals surface area contributed by atoms with E-state index in [0.29, 0.717) is 47.8 Å². The fourth-order valence-corrected chi connectivity index (χ4v) is 5.72. The second-order valence-corrected chi connectivity index (χ2v) is 10.5. The third-order valence-corrected chi connectivity index (χ3v) is 8.27.